The second-order valence-electron chi connectivity index (χ2n) is 8.82. The van der Waals surface area contributed by atoms with Gasteiger partial charge in [0.1, 0.15) is 22.9 Å². The van der Waals surface area contributed by atoms with E-state index in [2.05, 4.69) is 19.9 Å². The van der Waals surface area contributed by atoms with Crippen molar-refractivity contribution in [3.63, 3.8) is 0 Å². The van der Waals surface area contributed by atoms with E-state index >= 15 is 0 Å². The first-order valence-corrected chi connectivity index (χ1v) is 11.6. The van der Waals surface area contributed by atoms with E-state index in [4.69, 9.17) is 0 Å². The molecular weight excluding hydrogens is 491 g/mol. The number of aryl methyl sites for hydroxylation is 1. The molecule has 1 saturated carbocycles. The number of anilines is 1. The van der Waals surface area contributed by atoms with Crippen LogP contribution in [0.5, 0.6) is 0 Å². The van der Waals surface area contributed by atoms with E-state index in [1.165, 1.54) is 27.3 Å². The van der Waals surface area contributed by atoms with Gasteiger partial charge in [-0.15, -0.1) is 0 Å². The SMILES string of the molecule is CCCn1c(=O)n(C2CC2)c(=O)c2[nH]c(-c3ccc(N(C)C(=O)c4ccc(C(F)(F)F)nc4)nc3)nc21. The van der Waals surface area contributed by atoms with E-state index in [-0.39, 0.29) is 34.3 Å². The summed E-state index contributed by atoms with van der Waals surface area (Å²) in [5.41, 5.74) is -0.867. The number of hydrogen-bond acceptors (Lipinski definition) is 6. The van der Waals surface area contributed by atoms with Crippen molar-refractivity contribution in [2.24, 2.45) is 0 Å². The highest BCUT2D eigenvalue weighted by Crippen LogP contribution is 2.32. The van der Waals surface area contributed by atoms with E-state index in [9.17, 15) is 27.6 Å². The van der Waals surface area contributed by atoms with Gasteiger partial charge >= 0.3 is 11.9 Å². The fourth-order valence-electron chi connectivity index (χ4n) is 4.06. The molecule has 4 heterocycles. The first-order valence-electron chi connectivity index (χ1n) is 11.6. The molecule has 5 rings (SSSR count). The number of nitrogens with zero attached hydrogens (tertiary/aromatic N) is 6. The maximum atomic E-state index is 13.0. The highest BCUT2D eigenvalue weighted by molar-refractivity contribution is 6.05. The van der Waals surface area contributed by atoms with Gasteiger partial charge < -0.3 is 4.98 Å². The Morgan fingerprint density at radius 3 is 2.46 bits per heavy atom. The number of aromatic amines is 1. The van der Waals surface area contributed by atoms with Crippen molar-refractivity contribution >= 4 is 22.9 Å². The number of pyridine rings is 2. The lowest BCUT2D eigenvalue weighted by Crippen LogP contribution is -2.39. The van der Waals surface area contributed by atoms with Crippen LogP contribution in [0, 0.1) is 0 Å². The molecule has 1 amide bonds. The molecule has 0 bridgehead atoms. The second-order valence-corrected chi connectivity index (χ2v) is 8.82. The van der Waals surface area contributed by atoms with Gasteiger partial charge in [0.2, 0.25) is 0 Å². The quantitative estimate of drug-likeness (QED) is 0.422. The third-order valence-corrected chi connectivity index (χ3v) is 6.14. The minimum Gasteiger partial charge on any atom is -0.332 e. The highest BCUT2D eigenvalue weighted by atomic mass is 19.4. The normalized spacial score (nSPS) is 13.8. The number of hydrogen-bond donors (Lipinski definition) is 1. The molecule has 1 aliphatic carbocycles. The lowest BCUT2D eigenvalue weighted by atomic mass is 10.2. The molecule has 192 valence electrons. The van der Waals surface area contributed by atoms with Crippen LogP contribution in [0.25, 0.3) is 22.6 Å². The molecule has 0 atom stereocenters. The van der Waals surface area contributed by atoms with Crippen LogP contribution in [0.1, 0.15) is 48.3 Å². The van der Waals surface area contributed by atoms with E-state index in [1.54, 1.807) is 12.1 Å². The van der Waals surface area contributed by atoms with E-state index < -0.39 is 23.3 Å². The summed E-state index contributed by atoms with van der Waals surface area (Å²) in [6, 6.07) is 4.89. The zero-order valence-corrected chi connectivity index (χ0v) is 19.9. The maximum Gasteiger partial charge on any atom is 0.433 e. The molecule has 1 fully saturated rings. The van der Waals surface area contributed by atoms with E-state index in [1.807, 2.05) is 6.92 Å². The van der Waals surface area contributed by atoms with Crippen LogP contribution in [0.3, 0.4) is 0 Å². The van der Waals surface area contributed by atoms with Crippen LogP contribution in [-0.4, -0.2) is 42.0 Å². The number of imidazole rings is 1. The summed E-state index contributed by atoms with van der Waals surface area (Å²) in [5, 5.41) is 0. The van der Waals surface area contributed by atoms with Crippen molar-refractivity contribution < 1.29 is 18.0 Å². The molecule has 0 unspecified atom stereocenters. The zero-order valence-electron chi connectivity index (χ0n) is 19.9. The lowest BCUT2D eigenvalue weighted by molar-refractivity contribution is -0.141. The predicted octanol–water partition coefficient (Wildman–Crippen LogP) is 3.38. The Morgan fingerprint density at radius 2 is 1.89 bits per heavy atom. The van der Waals surface area contributed by atoms with Crippen LogP contribution in [0.4, 0.5) is 19.0 Å². The van der Waals surface area contributed by atoms with Crippen molar-refractivity contribution in [3.8, 4) is 11.4 Å². The molecule has 0 aromatic carbocycles. The third-order valence-electron chi connectivity index (χ3n) is 6.14. The Kier molecular flexibility index (Phi) is 5.92. The summed E-state index contributed by atoms with van der Waals surface area (Å²) in [5.74, 6) is -0.0111. The fourth-order valence-corrected chi connectivity index (χ4v) is 4.06. The molecule has 0 spiro atoms. The lowest BCUT2D eigenvalue weighted by Gasteiger charge is -2.16. The molecule has 1 aliphatic rings. The Balaban J connectivity index is 1.44. The first kappa shape index (κ1) is 24.4. The minimum atomic E-state index is -4.60. The number of rotatable bonds is 6. The van der Waals surface area contributed by atoms with Crippen molar-refractivity contribution in [2.45, 2.75) is 44.9 Å². The van der Waals surface area contributed by atoms with E-state index in [0.29, 0.717) is 24.4 Å². The number of nitrogens with one attached hydrogen (secondary N) is 1. The molecule has 13 heteroatoms. The van der Waals surface area contributed by atoms with E-state index in [0.717, 1.165) is 31.2 Å². The van der Waals surface area contributed by atoms with Gasteiger partial charge in [0, 0.05) is 37.6 Å². The van der Waals surface area contributed by atoms with Crippen LogP contribution < -0.4 is 16.1 Å². The first-order chi connectivity index (χ1) is 17.6. The number of H-pyrrole nitrogens is 1. The fraction of sp³-hybridized carbons (Fsp3) is 0.333. The number of carbonyl (C=O) groups is 1. The molecule has 37 heavy (non-hydrogen) atoms. The summed E-state index contributed by atoms with van der Waals surface area (Å²) in [6.07, 6.45) is -0.0250. The standard InChI is InChI=1S/C24H22F3N7O3/c1-3-10-33-20-18(22(36)34(23(33)37)15-6-7-15)30-19(31-20)13-5-9-17(29-11-13)32(2)21(35)14-4-8-16(28-12-14)24(25,26)27/h4-5,8-9,11-12,15H,3,6-7,10H2,1-2H3,(H,30,31). The van der Waals surface area contributed by atoms with Gasteiger partial charge in [-0.1, -0.05) is 6.92 Å². The van der Waals surface area contributed by atoms with Gasteiger partial charge in [-0.05, 0) is 43.5 Å². The van der Waals surface area contributed by atoms with Crippen molar-refractivity contribution in [2.75, 3.05) is 11.9 Å². The van der Waals surface area contributed by atoms with Gasteiger partial charge in [-0.3, -0.25) is 28.6 Å². The molecular formula is C24H22F3N7O3. The smallest absolute Gasteiger partial charge is 0.332 e. The van der Waals surface area contributed by atoms with Crippen molar-refractivity contribution in [1.82, 2.24) is 29.1 Å². The summed E-state index contributed by atoms with van der Waals surface area (Å²) in [4.78, 5) is 55.0. The number of amides is 1. The average Bonchev–Trinajstić information content (AvgIpc) is 3.61. The average molecular weight is 513 g/mol. The predicted molar refractivity (Wildman–Crippen MR) is 128 cm³/mol. The van der Waals surface area contributed by atoms with Crippen LogP contribution in [-0.2, 0) is 12.7 Å². The molecule has 0 aliphatic heterocycles. The van der Waals surface area contributed by atoms with Crippen LogP contribution in [0.2, 0.25) is 0 Å². The van der Waals surface area contributed by atoms with Gasteiger partial charge in [0.25, 0.3) is 11.5 Å². The molecule has 0 radical (unpaired) electrons. The molecule has 0 saturated heterocycles. The minimum absolute atomic E-state index is 0.0282. The number of alkyl halides is 3. The number of halogens is 3. The summed E-state index contributed by atoms with van der Waals surface area (Å²) >= 11 is 0. The molecule has 10 nitrogen and oxygen atoms in total. The van der Waals surface area contributed by atoms with Gasteiger partial charge in [-0.2, -0.15) is 13.2 Å². The van der Waals surface area contributed by atoms with Crippen LogP contribution in [0.15, 0.2) is 46.2 Å². The Hall–Kier alpha value is -4.29. The van der Waals surface area contributed by atoms with Crippen LogP contribution >= 0.6 is 0 Å². The Bertz CT molecular complexity index is 1600. The van der Waals surface area contributed by atoms with Gasteiger partial charge in [0.05, 0.1) is 5.56 Å². The second kappa shape index (κ2) is 8.98. The molecule has 1 N–H and O–H groups in total. The van der Waals surface area contributed by atoms with Gasteiger partial charge in [-0.25, -0.2) is 14.8 Å². The zero-order chi connectivity index (χ0) is 26.5. The largest absolute Gasteiger partial charge is 0.433 e. The van der Waals surface area contributed by atoms with Crippen molar-refractivity contribution in [1.29, 1.82) is 0 Å². The monoisotopic (exact) mass is 513 g/mol. The van der Waals surface area contributed by atoms with Crippen molar-refractivity contribution in [3.05, 3.63) is 68.8 Å². The summed E-state index contributed by atoms with van der Waals surface area (Å²) < 4.78 is 41.0. The topological polar surface area (TPSA) is 119 Å². The third kappa shape index (κ3) is 4.41. The summed E-state index contributed by atoms with van der Waals surface area (Å²) in [6.45, 7) is 2.34. The Morgan fingerprint density at radius 1 is 1.14 bits per heavy atom. The molecule has 4 aromatic heterocycles. The molecule has 4 aromatic rings. The highest BCUT2D eigenvalue weighted by Gasteiger charge is 2.32. The maximum absolute atomic E-state index is 13.0. The summed E-state index contributed by atoms with van der Waals surface area (Å²) in [7, 11) is 1.44. The number of fused-ring (bicyclic) bond motifs is 1. The number of aromatic nitrogens is 6. The Labute approximate surface area is 207 Å². The number of carbonyl (C=O) groups excluding carboxylic acids is 1. The van der Waals surface area contributed by atoms with Gasteiger partial charge in [0.15, 0.2) is 5.65 Å².